The highest BCUT2D eigenvalue weighted by molar-refractivity contribution is 7.99. The molecule has 1 aliphatic heterocycles. The zero-order chi connectivity index (χ0) is 21.1. The molecule has 0 atom stereocenters. The number of nitriles is 1. The van der Waals surface area contributed by atoms with Crippen LogP contribution >= 0.6 is 23.4 Å². The van der Waals surface area contributed by atoms with Gasteiger partial charge in [0.15, 0.2) is 5.16 Å². The van der Waals surface area contributed by atoms with Gasteiger partial charge >= 0.3 is 0 Å². The lowest BCUT2D eigenvalue weighted by Crippen LogP contribution is -2.33. The number of benzene rings is 1. The summed E-state index contributed by atoms with van der Waals surface area (Å²) >= 11 is 7.57. The average Bonchev–Trinajstić information content (AvgIpc) is 3.25. The van der Waals surface area contributed by atoms with Crippen molar-refractivity contribution in [2.75, 3.05) is 35.2 Å². The first kappa shape index (κ1) is 21.0. The molecule has 0 unspecified atom stereocenters. The number of rotatable bonds is 8. The van der Waals surface area contributed by atoms with Crippen LogP contribution in [0.4, 0.5) is 11.6 Å². The fourth-order valence-corrected chi connectivity index (χ4v) is 4.71. The van der Waals surface area contributed by atoms with Gasteiger partial charge in [-0.3, -0.25) is 9.36 Å². The van der Waals surface area contributed by atoms with E-state index in [0.29, 0.717) is 17.6 Å². The molecule has 2 aliphatic rings. The predicted octanol–water partition coefficient (Wildman–Crippen LogP) is 4.21. The summed E-state index contributed by atoms with van der Waals surface area (Å²) in [7, 11) is 0. The first-order valence-corrected chi connectivity index (χ1v) is 11.7. The van der Waals surface area contributed by atoms with Gasteiger partial charge in [-0.05, 0) is 56.4 Å². The molecule has 0 radical (unpaired) electrons. The summed E-state index contributed by atoms with van der Waals surface area (Å²) in [5, 5.41) is 19.3. The van der Waals surface area contributed by atoms with Crippen molar-refractivity contribution in [1.82, 2.24) is 14.8 Å². The molecule has 1 saturated carbocycles. The van der Waals surface area contributed by atoms with Crippen LogP contribution in [-0.4, -0.2) is 46.1 Å². The summed E-state index contributed by atoms with van der Waals surface area (Å²) in [4.78, 5) is 17.0. The molecule has 2 heterocycles. The van der Waals surface area contributed by atoms with Crippen molar-refractivity contribution in [3.63, 3.8) is 0 Å². The van der Waals surface area contributed by atoms with Gasteiger partial charge in [-0.15, -0.1) is 10.2 Å². The minimum Gasteiger partial charge on any atom is -0.341 e. The van der Waals surface area contributed by atoms with Crippen LogP contribution < -0.4 is 9.80 Å². The van der Waals surface area contributed by atoms with Gasteiger partial charge in [-0.1, -0.05) is 23.4 Å². The van der Waals surface area contributed by atoms with E-state index in [9.17, 15) is 4.79 Å². The molecular formula is C21H25ClN6OS. The first-order valence-electron chi connectivity index (χ1n) is 10.3. The molecule has 0 spiro atoms. The molecule has 30 heavy (non-hydrogen) atoms. The van der Waals surface area contributed by atoms with Crippen molar-refractivity contribution in [1.29, 1.82) is 5.26 Å². The molecular weight excluding hydrogens is 420 g/mol. The Morgan fingerprint density at radius 1 is 1.33 bits per heavy atom. The van der Waals surface area contributed by atoms with Gasteiger partial charge in [0.25, 0.3) is 0 Å². The van der Waals surface area contributed by atoms with Crippen LogP contribution in [0.3, 0.4) is 0 Å². The second-order valence-corrected chi connectivity index (χ2v) is 9.10. The standard InChI is InChI=1S/C21H25ClN6OS/c1-15-13-17(7-8-18(15)22)27(12-4-9-23)19(29)14-30-21-25-24-20(26-10-2-3-11-26)28(21)16-5-6-16/h7-8,13,16H,2-6,10-12,14H2,1H3. The maximum Gasteiger partial charge on any atom is 0.237 e. The van der Waals surface area contributed by atoms with Gasteiger partial charge in [0, 0.05) is 36.4 Å². The maximum absolute atomic E-state index is 13.1. The van der Waals surface area contributed by atoms with Crippen LogP contribution in [0, 0.1) is 18.3 Å². The van der Waals surface area contributed by atoms with Crippen LogP contribution in [0.5, 0.6) is 0 Å². The SMILES string of the molecule is Cc1cc(N(CCC#N)C(=O)CSc2nnc(N3CCCC3)n2C2CC2)ccc1Cl. The normalized spacial score (nSPS) is 16.0. The van der Waals surface area contributed by atoms with Gasteiger partial charge in [0.1, 0.15) is 0 Å². The van der Waals surface area contributed by atoms with Crippen LogP contribution in [0.15, 0.2) is 23.4 Å². The molecule has 1 aromatic carbocycles. The summed E-state index contributed by atoms with van der Waals surface area (Å²) in [5.41, 5.74) is 1.67. The number of aromatic nitrogens is 3. The van der Waals surface area contributed by atoms with Crippen LogP contribution in [0.2, 0.25) is 5.02 Å². The number of carbonyl (C=O) groups excluding carboxylic acids is 1. The number of hydrogen-bond acceptors (Lipinski definition) is 6. The number of amides is 1. The van der Waals surface area contributed by atoms with Gasteiger partial charge in [-0.2, -0.15) is 5.26 Å². The topological polar surface area (TPSA) is 78.0 Å². The van der Waals surface area contributed by atoms with Gasteiger partial charge < -0.3 is 9.80 Å². The third kappa shape index (κ3) is 4.57. The Labute approximate surface area is 186 Å². The molecule has 2 fully saturated rings. The first-order chi connectivity index (χ1) is 14.6. The fourth-order valence-electron chi connectivity index (χ4n) is 3.71. The Balaban J connectivity index is 1.49. The Bertz CT molecular complexity index is 961. The molecule has 1 aliphatic carbocycles. The van der Waals surface area contributed by atoms with E-state index in [2.05, 4.69) is 25.7 Å². The monoisotopic (exact) mass is 444 g/mol. The van der Waals surface area contributed by atoms with Crippen molar-refractivity contribution in [3.05, 3.63) is 28.8 Å². The van der Waals surface area contributed by atoms with Crippen LogP contribution in [0.25, 0.3) is 0 Å². The van der Waals surface area contributed by atoms with Gasteiger partial charge in [-0.25, -0.2) is 0 Å². The quantitative estimate of drug-likeness (QED) is 0.567. The molecule has 158 valence electrons. The van der Waals surface area contributed by atoms with Crippen molar-refractivity contribution < 1.29 is 4.79 Å². The van der Waals surface area contributed by atoms with E-state index < -0.39 is 0 Å². The number of carbonyl (C=O) groups is 1. The van der Waals surface area contributed by atoms with E-state index in [1.54, 1.807) is 11.0 Å². The van der Waals surface area contributed by atoms with Crippen molar-refractivity contribution in [2.45, 2.75) is 50.2 Å². The minimum absolute atomic E-state index is 0.0509. The maximum atomic E-state index is 13.1. The Kier molecular flexibility index (Phi) is 6.49. The smallest absolute Gasteiger partial charge is 0.237 e. The minimum atomic E-state index is -0.0509. The molecule has 1 amide bonds. The largest absolute Gasteiger partial charge is 0.341 e. The Morgan fingerprint density at radius 2 is 2.10 bits per heavy atom. The van der Waals surface area contributed by atoms with E-state index in [1.807, 2.05) is 19.1 Å². The van der Waals surface area contributed by atoms with Gasteiger partial charge in [0.2, 0.25) is 11.9 Å². The Morgan fingerprint density at radius 3 is 2.77 bits per heavy atom. The van der Waals surface area contributed by atoms with Crippen molar-refractivity contribution >= 4 is 40.9 Å². The summed E-state index contributed by atoms with van der Waals surface area (Å²) < 4.78 is 2.22. The summed E-state index contributed by atoms with van der Waals surface area (Å²) in [6, 6.07) is 8.08. The molecule has 7 nitrogen and oxygen atoms in total. The zero-order valence-corrected chi connectivity index (χ0v) is 18.6. The van der Waals surface area contributed by atoms with E-state index in [1.165, 1.54) is 24.6 Å². The van der Waals surface area contributed by atoms with Crippen molar-refractivity contribution in [3.8, 4) is 6.07 Å². The highest BCUT2D eigenvalue weighted by Crippen LogP contribution is 2.41. The number of thioether (sulfide) groups is 1. The van der Waals surface area contributed by atoms with Crippen LogP contribution in [-0.2, 0) is 4.79 Å². The number of aryl methyl sites for hydroxylation is 1. The summed E-state index contributed by atoms with van der Waals surface area (Å²) in [6.45, 7) is 4.30. The number of halogens is 1. The second kappa shape index (κ2) is 9.27. The molecule has 1 aromatic heterocycles. The van der Waals surface area contributed by atoms with Gasteiger partial charge in [0.05, 0.1) is 18.2 Å². The number of anilines is 2. The third-order valence-electron chi connectivity index (χ3n) is 5.47. The van der Waals surface area contributed by atoms with Crippen molar-refractivity contribution in [2.24, 2.45) is 0 Å². The molecule has 1 saturated heterocycles. The lowest BCUT2D eigenvalue weighted by atomic mass is 10.2. The highest BCUT2D eigenvalue weighted by Gasteiger charge is 2.32. The second-order valence-electron chi connectivity index (χ2n) is 7.75. The summed E-state index contributed by atoms with van der Waals surface area (Å²) in [6.07, 6.45) is 4.92. The molecule has 2 aromatic rings. The lowest BCUT2D eigenvalue weighted by molar-refractivity contribution is -0.116. The molecule has 9 heteroatoms. The third-order valence-corrected chi connectivity index (χ3v) is 6.83. The highest BCUT2D eigenvalue weighted by atomic mass is 35.5. The lowest BCUT2D eigenvalue weighted by Gasteiger charge is -2.22. The summed E-state index contributed by atoms with van der Waals surface area (Å²) in [5.74, 6) is 1.14. The predicted molar refractivity (Wildman–Crippen MR) is 119 cm³/mol. The zero-order valence-electron chi connectivity index (χ0n) is 17.1. The van der Waals surface area contributed by atoms with E-state index >= 15 is 0 Å². The molecule has 4 rings (SSSR count). The molecule has 0 N–H and O–H groups in total. The number of hydrogen-bond donors (Lipinski definition) is 0. The fraction of sp³-hybridized carbons (Fsp3) is 0.524. The number of nitrogens with zero attached hydrogens (tertiary/aromatic N) is 6. The molecule has 0 bridgehead atoms. The Hall–Kier alpha value is -2.24. The van der Waals surface area contributed by atoms with E-state index in [4.69, 9.17) is 16.9 Å². The van der Waals surface area contributed by atoms with E-state index in [-0.39, 0.29) is 18.1 Å². The average molecular weight is 445 g/mol. The van der Waals surface area contributed by atoms with Crippen LogP contribution in [0.1, 0.15) is 43.7 Å². The van der Waals surface area contributed by atoms with E-state index in [0.717, 1.165) is 48.3 Å².